The van der Waals surface area contributed by atoms with E-state index in [1.165, 1.54) is 11.6 Å². The molecule has 2 N–H and O–H groups in total. The van der Waals surface area contributed by atoms with Crippen LogP contribution in [-0.4, -0.2) is 14.3 Å². The Morgan fingerprint density at radius 3 is 2.09 bits per heavy atom. The molecular weight excluding hydrogens is 432 g/mol. The molecule has 6 heteroatoms. The van der Waals surface area contributed by atoms with Gasteiger partial charge in [0.1, 0.15) is 0 Å². The van der Waals surface area contributed by atoms with Gasteiger partial charge in [-0.2, -0.15) is 0 Å². The summed E-state index contributed by atoms with van der Waals surface area (Å²) in [5.41, 5.74) is 7.81. The molecule has 33 heavy (non-hydrogen) atoms. The Balaban J connectivity index is 1.87. The number of aryl methyl sites for hydroxylation is 6. The van der Waals surface area contributed by atoms with Gasteiger partial charge in [0.25, 0.3) is 15.9 Å². The van der Waals surface area contributed by atoms with Gasteiger partial charge >= 0.3 is 0 Å². The highest BCUT2D eigenvalue weighted by Gasteiger charge is 2.21. The lowest BCUT2D eigenvalue weighted by Crippen LogP contribution is -2.27. The Kier molecular flexibility index (Phi) is 6.98. The first-order chi connectivity index (χ1) is 15.4. The second-order valence-electron chi connectivity index (χ2n) is 8.89. The fourth-order valence-corrected chi connectivity index (χ4v) is 5.37. The van der Waals surface area contributed by atoms with E-state index in [9.17, 15) is 13.2 Å². The SMILES string of the molecule is Cc1ccc(NS(=O)(=O)c2cc(C(=O)N[C@H](C)c3cc(C)c(C)cc3C)ccc2C)c(C)c1. The van der Waals surface area contributed by atoms with Gasteiger partial charge in [-0.25, -0.2) is 8.42 Å². The highest BCUT2D eigenvalue weighted by atomic mass is 32.2. The number of sulfonamides is 1. The zero-order valence-corrected chi connectivity index (χ0v) is 21.1. The van der Waals surface area contributed by atoms with Crippen LogP contribution in [0.4, 0.5) is 5.69 Å². The summed E-state index contributed by atoms with van der Waals surface area (Å²) in [5, 5.41) is 3.01. The summed E-state index contributed by atoms with van der Waals surface area (Å²) < 4.78 is 29.0. The van der Waals surface area contributed by atoms with Crippen molar-refractivity contribution in [2.45, 2.75) is 59.4 Å². The summed E-state index contributed by atoms with van der Waals surface area (Å²) >= 11 is 0. The Morgan fingerprint density at radius 2 is 1.42 bits per heavy atom. The highest BCUT2D eigenvalue weighted by Crippen LogP contribution is 2.25. The van der Waals surface area contributed by atoms with Gasteiger partial charge in [-0.3, -0.25) is 9.52 Å². The molecule has 5 nitrogen and oxygen atoms in total. The molecule has 0 saturated carbocycles. The monoisotopic (exact) mass is 464 g/mol. The van der Waals surface area contributed by atoms with Crippen LogP contribution in [0.15, 0.2) is 53.4 Å². The molecule has 0 aliphatic heterocycles. The Hall–Kier alpha value is -3.12. The van der Waals surface area contributed by atoms with Gasteiger partial charge in [0.05, 0.1) is 16.6 Å². The molecule has 3 rings (SSSR count). The number of anilines is 1. The van der Waals surface area contributed by atoms with Crippen molar-refractivity contribution in [1.82, 2.24) is 5.32 Å². The third-order valence-corrected chi connectivity index (χ3v) is 7.57. The van der Waals surface area contributed by atoms with E-state index in [0.29, 0.717) is 16.8 Å². The zero-order chi connectivity index (χ0) is 24.5. The van der Waals surface area contributed by atoms with Gasteiger partial charge in [-0.05, 0) is 100 Å². The van der Waals surface area contributed by atoms with Gasteiger partial charge in [0, 0.05) is 5.56 Å². The molecular formula is C27H32N2O3S. The van der Waals surface area contributed by atoms with Crippen molar-refractivity contribution in [1.29, 1.82) is 0 Å². The Labute approximate surface area is 197 Å². The molecule has 0 fully saturated rings. The van der Waals surface area contributed by atoms with Crippen molar-refractivity contribution >= 4 is 21.6 Å². The minimum absolute atomic E-state index is 0.0881. The smallest absolute Gasteiger partial charge is 0.262 e. The topological polar surface area (TPSA) is 75.3 Å². The molecule has 1 atom stereocenters. The van der Waals surface area contributed by atoms with E-state index >= 15 is 0 Å². The molecule has 0 heterocycles. The predicted molar refractivity (Wildman–Crippen MR) is 134 cm³/mol. The number of carbonyl (C=O) groups is 1. The van der Waals surface area contributed by atoms with E-state index in [0.717, 1.165) is 27.8 Å². The molecule has 0 aliphatic carbocycles. The average molecular weight is 465 g/mol. The van der Waals surface area contributed by atoms with Crippen LogP contribution in [0.2, 0.25) is 0 Å². The third-order valence-electron chi connectivity index (χ3n) is 6.06. The molecule has 174 valence electrons. The Morgan fingerprint density at radius 1 is 0.758 bits per heavy atom. The summed E-state index contributed by atoms with van der Waals surface area (Å²) in [5.74, 6) is -0.317. The van der Waals surface area contributed by atoms with E-state index < -0.39 is 10.0 Å². The lowest BCUT2D eigenvalue weighted by atomic mass is 9.96. The van der Waals surface area contributed by atoms with Crippen molar-refractivity contribution in [3.63, 3.8) is 0 Å². The van der Waals surface area contributed by atoms with Crippen LogP contribution >= 0.6 is 0 Å². The minimum atomic E-state index is -3.86. The van der Waals surface area contributed by atoms with Crippen LogP contribution < -0.4 is 10.0 Å². The number of hydrogen-bond acceptors (Lipinski definition) is 3. The van der Waals surface area contributed by atoms with Gasteiger partial charge in [0.2, 0.25) is 0 Å². The number of carbonyl (C=O) groups excluding carboxylic acids is 1. The Bertz CT molecular complexity index is 1330. The van der Waals surface area contributed by atoms with Crippen molar-refractivity contribution in [2.75, 3.05) is 4.72 Å². The van der Waals surface area contributed by atoms with E-state index in [1.807, 2.05) is 46.8 Å². The fraction of sp³-hybridized carbons (Fsp3) is 0.296. The standard InChI is InChI=1S/C27H32N2O3S/c1-16-8-11-25(21(6)12-16)29-33(31,32)26-15-23(10-9-17(26)2)27(30)28-22(7)24-14-19(4)18(3)13-20(24)5/h8-15,22,29H,1-7H3,(H,28,30)/t22-/m1/s1. The van der Waals surface area contributed by atoms with Crippen molar-refractivity contribution in [3.05, 3.63) is 93.0 Å². The van der Waals surface area contributed by atoms with Crippen LogP contribution in [0.3, 0.4) is 0 Å². The van der Waals surface area contributed by atoms with Crippen LogP contribution in [0, 0.1) is 41.5 Å². The van der Waals surface area contributed by atoms with Crippen LogP contribution in [0.5, 0.6) is 0 Å². The van der Waals surface area contributed by atoms with E-state index in [2.05, 4.69) is 29.1 Å². The number of amides is 1. The molecule has 0 unspecified atom stereocenters. The highest BCUT2D eigenvalue weighted by molar-refractivity contribution is 7.92. The maximum Gasteiger partial charge on any atom is 0.262 e. The largest absolute Gasteiger partial charge is 0.346 e. The summed E-state index contributed by atoms with van der Waals surface area (Å²) in [6.45, 7) is 13.6. The molecule has 3 aromatic carbocycles. The third kappa shape index (κ3) is 5.45. The normalized spacial score (nSPS) is 12.3. The molecule has 0 aliphatic rings. The maximum atomic E-state index is 13.1. The quantitative estimate of drug-likeness (QED) is 0.482. The van der Waals surface area contributed by atoms with Crippen molar-refractivity contribution in [2.24, 2.45) is 0 Å². The second-order valence-corrected chi connectivity index (χ2v) is 10.5. The molecule has 0 spiro atoms. The second kappa shape index (κ2) is 9.40. The van der Waals surface area contributed by atoms with E-state index in [-0.39, 0.29) is 16.8 Å². The molecule has 0 bridgehead atoms. The molecule has 0 radical (unpaired) electrons. The lowest BCUT2D eigenvalue weighted by molar-refractivity contribution is 0.0939. The summed E-state index contributed by atoms with van der Waals surface area (Å²) in [6.07, 6.45) is 0. The summed E-state index contributed by atoms with van der Waals surface area (Å²) in [4.78, 5) is 13.1. The zero-order valence-electron chi connectivity index (χ0n) is 20.3. The first kappa shape index (κ1) is 24.5. The molecule has 0 saturated heterocycles. The molecule has 3 aromatic rings. The molecule has 0 aromatic heterocycles. The summed E-state index contributed by atoms with van der Waals surface area (Å²) in [6, 6.07) is 14.3. The van der Waals surface area contributed by atoms with Crippen molar-refractivity contribution < 1.29 is 13.2 Å². The van der Waals surface area contributed by atoms with Crippen LogP contribution in [0.25, 0.3) is 0 Å². The van der Waals surface area contributed by atoms with Gasteiger partial charge in [-0.15, -0.1) is 0 Å². The number of benzene rings is 3. The summed E-state index contributed by atoms with van der Waals surface area (Å²) in [7, 11) is -3.86. The predicted octanol–water partition coefficient (Wildman–Crippen LogP) is 5.83. The van der Waals surface area contributed by atoms with Crippen molar-refractivity contribution in [3.8, 4) is 0 Å². The first-order valence-corrected chi connectivity index (χ1v) is 12.5. The average Bonchev–Trinajstić information content (AvgIpc) is 2.72. The lowest BCUT2D eigenvalue weighted by Gasteiger charge is -2.19. The molecule has 1 amide bonds. The fourth-order valence-electron chi connectivity index (χ4n) is 3.97. The van der Waals surface area contributed by atoms with E-state index in [4.69, 9.17) is 0 Å². The van der Waals surface area contributed by atoms with E-state index in [1.54, 1.807) is 25.1 Å². The van der Waals surface area contributed by atoms with Gasteiger partial charge in [0.15, 0.2) is 0 Å². The number of nitrogens with one attached hydrogen (secondary N) is 2. The minimum Gasteiger partial charge on any atom is -0.346 e. The number of hydrogen-bond donors (Lipinski definition) is 2. The van der Waals surface area contributed by atoms with Crippen LogP contribution in [0.1, 0.15) is 62.3 Å². The first-order valence-electron chi connectivity index (χ1n) is 11.0. The number of rotatable bonds is 6. The van der Waals surface area contributed by atoms with Crippen LogP contribution in [-0.2, 0) is 10.0 Å². The van der Waals surface area contributed by atoms with Gasteiger partial charge in [-0.1, -0.05) is 35.9 Å². The van der Waals surface area contributed by atoms with Gasteiger partial charge < -0.3 is 5.32 Å². The maximum absolute atomic E-state index is 13.1.